The van der Waals surface area contributed by atoms with Crippen LogP contribution in [0.5, 0.6) is 0 Å². The zero-order valence-corrected chi connectivity index (χ0v) is 16.5. The Balaban J connectivity index is 1.52. The number of benzene rings is 1. The van der Waals surface area contributed by atoms with Gasteiger partial charge in [-0.05, 0) is 55.2 Å². The van der Waals surface area contributed by atoms with Crippen molar-refractivity contribution in [1.82, 2.24) is 45.3 Å². The lowest BCUT2D eigenvalue weighted by molar-refractivity contribution is -0.117. The van der Waals surface area contributed by atoms with E-state index in [9.17, 15) is 4.79 Å². The SMILES string of the molecule is CC(=O)Cn1nnc(-c2nc(-c3cn(Cc4cc(C)c(C)c(C)c4)nn3)no2)n1. The molecule has 11 heteroatoms. The highest BCUT2D eigenvalue weighted by molar-refractivity contribution is 5.75. The first-order valence-electron chi connectivity index (χ1n) is 8.97. The summed E-state index contributed by atoms with van der Waals surface area (Å²) < 4.78 is 6.91. The van der Waals surface area contributed by atoms with E-state index in [4.69, 9.17) is 4.52 Å². The topological polar surface area (TPSA) is 130 Å². The fourth-order valence-corrected chi connectivity index (χ4v) is 2.90. The molecule has 0 atom stereocenters. The standard InChI is InChI=1S/C18H19N9O2/c1-10-5-14(6-11(2)13(10)4)8-26-9-15(20-24-26)16-19-18(29-23-16)17-21-25-27(22-17)7-12(3)28/h5-6,9H,7-8H2,1-4H3. The zero-order chi connectivity index (χ0) is 20.5. The predicted molar refractivity (Wildman–Crippen MR) is 101 cm³/mol. The molecule has 0 aliphatic heterocycles. The predicted octanol–water partition coefficient (Wildman–Crippen LogP) is 1.54. The van der Waals surface area contributed by atoms with E-state index in [1.807, 2.05) is 0 Å². The number of Topliss-reactive ketones (excluding diaryl/α,β-unsaturated/α-hetero) is 1. The van der Waals surface area contributed by atoms with E-state index >= 15 is 0 Å². The largest absolute Gasteiger partial charge is 0.330 e. The molecule has 3 aromatic heterocycles. The van der Waals surface area contributed by atoms with Gasteiger partial charge in [-0.1, -0.05) is 22.5 Å². The summed E-state index contributed by atoms with van der Waals surface area (Å²) in [5, 5.41) is 23.8. The number of nitrogens with zero attached hydrogens (tertiary/aromatic N) is 9. The van der Waals surface area contributed by atoms with Gasteiger partial charge in [-0.25, -0.2) is 4.68 Å². The first-order chi connectivity index (χ1) is 13.9. The van der Waals surface area contributed by atoms with E-state index in [1.165, 1.54) is 28.4 Å². The zero-order valence-electron chi connectivity index (χ0n) is 16.5. The van der Waals surface area contributed by atoms with Crippen LogP contribution in [0.15, 0.2) is 22.9 Å². The van der Waals surface area contributed by atoms with Gasteiger partial charge in [0, 0.05) is 0 Å². The number of ketones is 1. The minimum absolute atomic E-state index is 0.0281. The molecule has 3 heterocycles. The Hall–Kier alpha value is -3.76. The molecule has 1 aromatic carbocycles. The van der Waals surface area contributed by atoms with Crippen LogP contribution in [0.2, 0.25) is 0 Å². The third-order valence-electron chi connectivity index (χ3n) is 4.53. The molecule has 0 radical (unpaired) electrons. The van der Waals surface area contributed by atoms with E-state index in [2.05, 4.69) is 68.8 Å². The molecule has 0 spiro atoms. The third kappa shape index (κ3) is 3.93. The molecule has 0 fully saturated rings. The Labute approximate surface area is 165 Å². The monoisotopic (exact) mass is 393 g/mol. The van der Waals surface area contributed by atoms with Crippen LogP contribution < -0.4 is 0 Å². The molecule has 4 rings (SSSR count). The summed E-state index contributed by atoms with van der Waals surface area (Å²) >= 11 is 0. The first kappa shape index (κ1) is 18.6. The average molecular weight is 393 g/mol. The molecule has 29 heavy (non-hydrogen) atoms. The lowest BCUT2D eigenvalue weighted by Crippen LogP contribution is -2.09. The van der Waals surface area contributed by atoms with Crippen molar-refractivity contribution in [3.8, 4) is 23.2 Å². The van der Waals surface area contributed by atoms with Crippen LogP contribution in [-0.4, -0.2) is 51.1 Å². The molecule has 0 saturated carbocycles. The molecule has 0 unspecified atom stereocenters. The molecule has 0 bridgehead atoms. The minimum atomic E-state index is -0.0873. The Kier molecular flexibility index (Phi) is 4.71. The normalized spacial score (nSPS) is 11.2. The van der Waals surface area contributed by atoms with Crippen LogP contribution in [0.4, 0.5) is 0 Å². The fraction of sp³-hybridized carbons (Fsp3) is 0.333. The molecule has 0 saturated heterocycles. The van der Waals surface area contributed by atoms with Crippen molar-refractivity contribution in [3.63, 3.8) is 0 Å². The number of carbonyl (C=O) groups is 1. The average Bonchev–Trinajstić information content (AvgIpc) is 3.39. The summed E-state index contributed by atoms with van der Waals surface area (Å²) in [5.41, 5.74) is 5.39. The van der Waals surface area contributed by atoms with Gasteiger partial charge in [0.05, 0.1) is 12.7 Å². The van der Waals surface area contributed by atoms with Gasteiger partial charge in [0.25, 0.3) is 11.7 Å². The van der Waals surface area contributed by atoms with Crippen LogP contribution in [0, 0.1) is 20.8 Å². The number of aryl methyl sites for hydroxylation is 2. The summed E-state index contributed by atoms with van der Waals surface area (Å²) in [4.78, 5) is 16.6. The van der Waals surface area contributed by atoms with Gasteiger partial charge in [0.1, 0.15) is 6.54 Å². The van der Waals surface area contributed by atoms with Crippen LogP contribution in [-0.2, 0) is 17.9 Å². The third-order valence-corrected chi connectivity index (χ3v) is 4.53. The van der Waals surface area contributed by atoms with Crippen LogP contribution in [0.1, 0.15) is 29.2 Å². The molecular weight excluding hydrogens is 374 g/mol. The Morgan fingerprint density at radius 1 is 1.07 bits per heavy atom. The second-order valence-electron chi connectivity index (χ2n) is 6.92. The van der Waals surface area contributed by atoms with Crippen molar-refractivity contribution < 1.29 is 9.32 Å². The summed E-state index contributed by atoms with van der Waals surface area (Å²) in [6.45, 7) is 8.36. The van der Waals surface area contributed by atoms with Crippen molar-refractivity contribution in [3.05, 3.63) is 40.6 Å². The highest BCUT2D eigenvalue weighted by Crippen LogP contribution is 2.19. The van der Waals surface area contributed by atoms with Crippen LogP contribution in [0.25, 0.3) is 23.2 Å². The molecule has 148 valence electrons. The van der Waals surface area contributed by atoms with E-state index in [1.54, 1.807) is 10.9 Å². The van der Waals surface area contributed by atoms with Gasteiger partial charge >= 0.3 is 0 Å². The molecular formula is C18H19N9O2. The Morgan fingerprint density at radius 2 is 1.83 bits per heavy atom. The first-order valence-corrected chi connectivity index (χ1v) is 8.97. The van der Waals surface area contributed by atoms with Crippen LogP contribution >= 0.6 is 0 Å². The number of hydrogen-bond acceptors (Lipinski definition) is 9. The number of rotatable bonds is 6. The van der Waals surface area contributed by atoms with E-state index in [-0.39, 0.29) is 29.9 Å². The lowest BCUT2D eigenvalue weighted by Gasteiger charge is -2.08. The number of carbonyl (C=O) groups excluding carboxylic acids is 1. The number of hydrogen-bond donors (Lipinski definition) is 0. The van der Waals surface area contributed by atoms with Crippen molar-refractivity contribution in [2.45, 2.75) is 40.8 Å². The second kappa shape index (κ2) is 7.34. The summed E-state index contributed by atoms with van der Waals surface area (Å²) in [7, 11) is 0. The maximum absolute atomic E-state index is 11.1. The van der Waals surface area contributed by atoms with E-state index < -0.39 is 0 Å². The van der Waals surface area contributed by atoms with E-state index in [0.717, 1.165) is 5.56 Å². The highest BCUT2D eigenvalue weighted by Gasteiger charge is 2.18. The van der Waals surface area contributed by atoms with Gasteiger partial charge < -0.3 is 4.52 Å². The molecule has 0 amide bonds. The van der Waals surface area contributed by atoms with Crippen molar-refractivity contribution in [2.24, 2.45) is 0 Å². The Morgan fingerprint density at radius 3 is 2.55 bits per heavy atom. The van der Waals surface area contributed by atoms with Gasteiger partial charge in [-0.3, -0.25) is 4.79 Å². The molecule has 0 aliphatic carbocycles. The Bertz CT molecular complexity index is 1160. The quantitative estimate of drug-likeness (QED) is 0.478. The highest BCUT2D eigenvalue weighted by atomic mass is 16.5. The maximum Gasteiger partial charge on any atom is 0.299 e. The smallest absolute Gasteiger partial charge is 0.299 e. The fourth-order valence-electron chi connectivity index (χ4n) is 2.90. The van der Waals surface area contributed by atoms with Crippen molar-refractivity contribution >= 4 is 5.78 Å². The van der Waals surface area contributed by atoms with Gasteiger partial charge in [-0.15, -0.1) is 15.3 Å². The number of tetrazole rings is 1. The van der Waals surface area contributed by atoms with Gasteiger partial charge in [0.15, 0.2) is 11.5 Å². The molecule has 0 N–H and O–H groups in total. The lowest BCUT2D eigenvalue weighted by atomic mass is 10.0. The maximum atomic E-state index is 11.1. The molecule has 11 nitrogen and oxygen atoms in total. The van der Waals surface area contributed by atoms with Gasteiger partial charge in [0.2, 0.25) is 5.82 Å². The summed E-state index contributed by atoms with van der Waals surface area (Å²) in [6, 6.07) is 4.29. The van der Waals surface area contributed by atoms with Gasteiger partial charge in [-0.2, -0.15) is 9.78 Å². The molecule has 0 aliphatic rings. The minimum Gasteiger partial charge on any atom is -0.330 e. The molecule has 4 aromatic rings. The van der Waals surface area contributed by atoms with Crippen molar-refractivity contribution in [1.29, 1.82) is 0 Å². The second-order valence-corrected chi connectivity index (χ2v) is 6.92. The summed E-state index contributed by atoms with van der Waals surface area (Å²) in [5.74, 6) is 0.415. The number of aromatic nitrogens is 9. The van der Waals surface area contributed by atoms with Crippen LogP contribution in [0.3, 0.4) is 0 Å². The van der Waals surface area contributed by atoms with Crippen molar-refractivity contribution in [2.75, 3.05) is 0 Å². The van der Waals surface area contributed by atoms with E-state index in [0.29, 0.717) is 12.2 Å². The summed E-state index contributed by atoms with van der Waals surface area (Å²) in [6.07, 6.45) is 1.75.